The summed E-state index contributed by atoms with van der Waals surface area (Å²) in [7, 11) is 0. The first kappa shape index (κ1) is 12.0. The van der Waals surface area contributed by atoms with Gasteiger partial charge >= 0.3 is 0 Å². The van der Waals surface area contributed by atoms with Crippen LogP contribution in [0.3, 0.4) is 0 Å². The van der Waals surface area contributed by atoms with Crippen molar-refractivity contribution in [3.63, 3.8) is 0 Å². The summed E-state index contributed by atoms with van der Waals surface area (Å²) in [6.07, 6.45) is 0. The molecule has 19 heavy (non-hydrogen) atoms. The van der Waals surface area contributed by atoms with Gasteiger partial charge in [-0.1, -0.05) is 48.0 Å². The molecule has 0 unspecified atom stereocenters. The maximum Gasteiger partial charge on any atom is 0.251 e. The Morgan fingerprint density at radius 1 is 1.00 bits per heavy atom. The van der Waals surface area contributed by atoms with Crippen molar-refractivity contribution in [2.75, 3.05) is 0 Å². The standard InChI is InChI=1S/C16H12ClNO/c1-10-15(11-6-2-4-8-13(11)17)12-7-3-5-9-14(12)18-16(10)19/h2-9H,1H3,(H,18,19). The van der Waals surface area contributed by atoms with Crippen LogP contribution in [-0.2, 0) is 0 Å². The lowest BCUT2D eigenvalue weighted by atomic mass is 9.97. The fourth-order valence-corrected chi connectivity index (χ4v) is 2.58. The fourth-order valence-electron chi connectivity index (χ4n) is 2.35. The van der Waals surface area contributed by atoms with Crippen molar-refractivity contribution in [2.45, 2.75) is 6.92 Å². The number of pyridine rings is 1. The Hall–Kier alpha value is -2.06. The first-order chi connectivity index (χ1) is 9.18. The van der Waals surface area contributed by atoms with Crippen LogP contribution in [0.2, 0.25) is 5.02 Å². The van der Waals surface area contributed by atoms with Gasteiger partial charge < -0.3 is 4.98 Å². The van der Waals surface area contributed by atoms with Gasteiger partial charge in [-0.3, -0.25) is 4.79 Å². The topological polar surface area (TPSA) is 32.9 Å². The number of nitrogens with one attached hydrogen (secondary N) is 1. The lowest BCUT2D eigenvalue weighted by Gasteiger charge is -2.11. The van der Waals surface area contributed by atoms with E-state index >= 15 is 0 Å². The molecule has 2 nitrogen and oxygen atoms in total. The van der Waals surface area contributed by atoms with E-state index in [9.17, 15) is 4.79 Å². The zero-order valence-corrected chi connectivity index (χ0v) is 11.2. The van der Waals surface area contributed by atoms with Crippen LogP contribution in [0.1, 0.15) is 5.56 Å². The van der Waals surface area contributed by atoms with E-state index in [4.69, 9.17) is 11.6 Å². The molecule has 0 atom stereocenters. The van der Waals surface area contributed by atoms with Crippen LogP contribution in [0.25, 0.3) is 22.0 Å². The van der Waals surface area contributed by atoms with Crippen LogP contribution in [0.4, 0.5) is 0 Å². The zero-order chi connectivity index (χ0) is 13.4. The molecule has 94 valence electrons. The first-order valence-corrected chi connectivity index (χ1v) is 6.43. The average Bonchev–Trinajstić information content (AvgIpc) is 2.42. The second-order valence-corrected chi connectivity index (χ2v) is 4.89. The zero-order valence-electron chi connectivity index (χ0n) is 10.4. The number of hydrogen-bond acceptors (Lipinski definition) is 1. The smallest absolute Gasteiger partial charge is 0.251 e. The molecule has 3 rings (SSSR count). The minimum Gasteiger partial charge on any atom is -0.322 e. The van der Waals surface area contributed by atoms with Crippen molar-refractivity contribution in [1.82, 2.24) is 4.98 Å². The highest BCUT2D eigenvalue weighted by molar-refractivity contribution is 6.33. The molecule has 1 heterocycles. The van der Waals surface area contributed by atoms with Gasteiger partial charge in [0.2, 0.25) is 0 Å². The molecule has 3 aromatic rings. The van der Waals surface area contributed by atoms with Gasteiger partial charge in [-0.25, -0.2) is 0 Å². The van der Waals surface area contributed by atoms with Crippen molar-refractivity contribution in [1.29, 1.82) is 0 Å². The molecule has 0 amide bonds. The van der Waals surface area contributed by atoms with Gasteiger partial charge in [-0.2, -0.15) is 0 Å². The Kier molecular flexibility index (Phi) is 2.88. The van der Waals surface area contributed by atoms with Crippen molar-refractivity contribution in [2.24, 2.45) is 0 Å². The number of aromatic amines is 1. The third-order valence-electron chi connectivity index (χ3n) is 3.30. The number of halogens is 1. The summed E-state index contributed by atoms with van der Waals surface area (Å²) < 4.78 is 0. The minimum absolute atomic E-state index is 0.0754. The van der Waals surface area contributed by atoms with Crippen LogP contribution < -0.4 is 5.56 Å². The molecule has 0 bridgehead atoms. The summed E-state index contributed by atoms with van der Waals surface area (Å²) in [5, 5.41) is 1.66. The van der Waals surface area contributed by atoms with Crippen LogP contribution in [0.15, 0.2) is 53.3 Å². The van der Waals surface area contributed by atoms with E-state index in [0.717, 1.165) is 22.0 Å². The van der Waals surface area contributed by atoms with Crippen LogP contribution in [0.5, 0.6) is 0 Å². The van der Waals surface area contributed by atoms with Crippen molar-refractivity contribution >= 4 is 22.5 Å². The molecular formula is C16H12ClNO. The van der Waals surface area contributed by atoms with E-state index in [2.05, 4.69) is 4.98 Å². The summed E-state index contributed by atoms with van der Waals surface area (Å²) in [4.78, 5) is 14.9. The van der Waals surface area contributed by atoms with Crippen LogP contribution in [0, 0.1) is 6.92 Å². The van der Waals surface area contributed by atoms with E-state index in [1.165, 1.54) is 0 Å². The second-order valence-electron chi connectivity index (χ2n) is 4.48. The molecule has 0 spiro atoms. The molecule has 0 aliphatic rings. The monoisotopic (exact) mass is 269 g/mol. The average molecular weight is 270 g/mol. The van der Waals surface area contributed by atoms with E-state index in [1.54, 1.807) is 0 Å². The molecule has 0 radical (unpaired) electrons. The Balaban J connectivity index is 2.50. The van der Waals surface area contributed by atoms with Gasteiger partial charge in [-0.05, 0) is 19.1 Å². The Morgan fingerprint density at radius 3 is 2.47 bits per heavy atom. The summed E-state index contributed by atoms with van der Waals surface area (Å²) >= 11 is 6.27. The molecule has 0 saturated heterocycles. The SMILES string of the molecule is Cc1c(-c2ccccc2Cl)c2ccccc2[nH]c1=O. The lowest BCUT2D eigenvalue weighted by Crippen LogP contribution is -2.11. The van der Waals surface area contributed by atoms with Gasteiger partial charge in [0.1, 0.15) is 0 Å². The molecule has 0 aliphatic heterocycles. The maximum atomic E-state index is 12.0. The highest BCUT2D eigenvalue weighted by Crippen LogP contribution is 2.33. The first-order valence-electron chi connectivity index (χ1n) is 6.05. The number of hydrogen-bond donors (Lipinski definition) is 1. The predicted molar refractivity (Wildman–Crippen MR) is 79.8 cm³/mol. The molecule has 1 aromatic heterocycles. The molecule has 3 heteroatoms. The quantitative estimate of drug-likeness (QED) is 0.707. The maximum absolute atomic E-state index is 12.0. The number of H-pyrrole nitrogens is 1. The number of aromatic nitrogens is 1. The second kappa shape index (κ2) is 4.56. The summed E-state index contributed by atoms with van der Waals surface area (Å²) in [6, 6.07) is 15.4. The number of para-hydroxylation sites is 1. The number of rotatable bonds is 1. The van der Waals surface area contributed by atoms with E-state index in [1.807, 2.05) is 55.5 Å². The molecular weight excluding hydrogens is 258 g/mol. The van der Waals surface area contributed by atoms with E-state index in [0.29, 0.717) is 10.6 Å². The molecule has 0 aliphatic carbocycles. The normalized spacial score (nSPS) is 10.8. The molecule has 1 N–H and O–H groups in total. The Labute approximate surface area is 115 Å². The fraction of sp³-hybridized carbons (Fsp3) is 0.0625. The van der Waals surface area contributed by atoms with Crippen molar-refractivity contribution < 1.29 is 0 Å². The van der Waals surface area contributed by atoms with Gasteiger partial charge in [0.15, 0.2) is 0 Å². The van der Waals surface area contributed by atoms with Crippen LogP contribution >= 0.6 is 11.6 Å². The predicted octanol–water partition coefficient (Wildman–Crippen LogP) is 4.16. The third kappa shape index (κ3) is 1.94. The number of fused-ring (bicyclic) bond motifs is 1. The highest BCUT2D eigenvalue weighted by atomic mass is 35.5. The van der Waals surface area contributed by atoms with E-state index in [-0.39, 0.29) is 5.56 Å². The lowest BCUT2D eigenvalue weighted by molar-refractivity contribution is 1.24. The van der Waals surface area contributed by atoms with Crippen molar-refractivity contribution in [3.8, 4) is 11.1 Å². The molecule has 0 saturated carbocycles. The van der Waals surface area contributed by atoms with E-state index < -0.39 is 0 Å². The summed E-state index contributed by atoms with van der Waals surface area (Å²) in [5.41, 5.74) is 3.24. The third-order valence-corrected chi connectivity index (χ3v) is 3.63. The summed E-state index contributed by atoms with van der Waals surface area (Å²) in [5.74, 6) is 0. The summed E-state index contributed by atoms with van der Waals surface area (Å²) in [6.45, 7) is 1.82. The Morgan fingerprint density at radius 2 is 1.68 bits per heavy atom. The Bertz CT molecular complexity index is 820. The van der Waals surface area contributed by atoms with Crippen molar-refractivity contribution in [3.05, 3.63) is 69.5 Å². The molecule has 2 aromatic carbocycles. The largest absolute Gasteiger partial charge is 0.322 e. The minimum atomic E-state index is -0.0754. The molecule has 0 fully saturated rings. The van der Waals surface area contributed by atoms with Crippen LogP contribution in [-0.4, -0.2) is 4.98 Å². The highest BCUT2D eigenvalue weighted by Gasteiger charge is 2.12. The van der Waals surface area contributed by atoms with Gasteiger partial charge in [0.25, 0.3) is 5.56 Å². The van der Waals surface area contributed by atoms with Gasteiger partial charge in [0.05, 0.1) is 0 Å². The number of benzene rings is 2. The van der Waals surface area contributed by atoms with Gasteiger partial charge in [0, 0.05) is 32.6 Å². The van der Waals surface area contributed by atoms with Gasteiger partial charge in [-0.15, -0.1) is 0 Å².